The first-order chi connectivity index (χ1) is 21.0. The van der Waals surface area contributed by atoms with E-state index in [1.54, 1.807) is 6.07 Å². The van der Waals surface area contributed by atoms with Crippen LogP contribution in [0.25, 0.3) is 0 Å². The normalized spacial score (nSPS) is 21.2. The average Bonchev–Trinajstić information content (AvgIpc) is 2.95. The summed E-state index contributed by atoms with van der Waals surface area (Å²) < 4.78 is 38.6. The van der Waals surface area contributed by atoms with Crippen molar-refractivity contribution < 1.29 is 57.1 Å². The Bertz CT molecular complexity index is 1100. The summed E-state index contributed by atoms with van der Waals surface area (Å²) >= 11 is 0. The predicted octanol–water partition coefficient (Wildman–Crippen LogP) is 1.07. The molecular formula is C30H44N2O12. The van der Waals surface area contributed by atoms with Gasteiger partial charge in [-0.05, 0) is 24.1 Å². The van der Waals surface area contributed by atoms with Gasteiger partial charge in [-0.25, -0.2) is 0 Å². The quantitative estimate of drug-likeness (QED) is 0.135. The van der Waals surface area contributed by atoms with Crippen molar-refractivity contribution in [1.82, 2.24) is 10.6 Å². The van der Waals surface area contributed by atoms with Crippen LogP contribution in [0.4, 0.5) is 0 Å². The Morgan fingerprint density at radius 3 is 2.14 bits per heavy atom. The number of esters is 3. The third-order valence-corrected chi connectivity index (χ3v) is 6.21. The Morgan fingerprint density at radius 2 is 1.50 bits per heavy atom. The van der Waals surface area contributed by atoms with Crippen LogP contribution in [0.5, 0.6) is 0 Å². The first kappa shape index (κ1) is 36.6. The SMILES string of the molecule is CCCc1cccc(C(=O)NCCOCCOCCO[C@@H]2OC(COC(C)=O)[C@H](OC(C)=O)C(OC(C)=O)C2NC(C)=O)c1. The highest BCUT2D eigenvalue weighted by Crippen LogP contribution is 2.28. The van der Waals surface area contributed by atoms with Crippen LogP contribution < -0.4 is 10.6 Å². The van der Waals surface area contributed by atoms with Gasteiger partial charge in [0.2, 0.25) is 5.91 Å². The molecule has 1 aromatic rings. The van der Waals surface area contributed by atoms with Gasteiger partial charge in [0.15, 0.2) is 18.5 Å². The molecule has 3 unspecified atom stereocenters. The number of amides is 2. The van der Waals surface area contributed by atoms with Gasteiger partial charge in [-0.15, -0.1) is 0 Å². The van der Waals surface area contributed by atoms with E-state index < -0.39 is 54.5 Å². The first-order valence-corrected chi connectivity index (χ1v) is 14.6. The summed E-state index contributed by atoms with van der Waals surface area (Å²) in [6, 6.07) is 6.48. The van der Waals surface area contributed by atoms with Crippen LogP contribution in [0.3, 0.4) is 0 Å². The standard InChI is InChI=1S/C30H44N2O12/c1-6-8-23-9-7-10-24(17-23)29(37)31-11-12-38-13-14-39-15-16-40-30-26(32-19(2)33)28(43-22(5)36)27(42-21(4)35)25(44-30)18-41-20(3)34/h7,9-10,17,25-28,30H,6,8,11-16,18H2,1-5H3,(H,31,37)(H,32,33)/t25?,26?,27-,28?,30+/m0/s1. The summed E-state index contributed by atoms with van der Waals surface area (Å²) in [6.45, 7) is 7.86. The van der Waals surface area contributed by atoms with E-state index in [4.69, 9.17) is 33.2 Å². The number of carbonyl (C=O) groups excluding carboxylic acids is 5. The van der Waals surface area contributed by atoms with Crippen LogP contribution in [0, 0.1) is 0 Å². The van der Waals surface area contributed by atoms with Gasteiger partial charge >= 0.3 is 17.9 Å². The second-order valence-corrected chi connectivity index (χ2v) is 10.0. The maximum atomic E-state index is 12.3. The van der Waals surface area contributed by atoms with Gasteiger partial charge in [-0.3, -0.25) is 24.0 Å². The Kier molecular flexibility index (Phi) is 16.3. The van der Waals surface area contributed by atoms with Gasteiger partial charge in [0.25, 0.3) is 5.91 Å². The summed E-state index contributed by atoms with van der Waals surface area (Å²) in [5.41, 5.74) is 1.73. The van der Waals surface area contributed by atoms with E-state index in [0.717, 1.165) is 32.3 Å². The number of hydrogen-bond acceptors (Lipinski definition) is 12. The van der Waals surface area contributed by atoms with E-state index in [-0.39, 0.29) is 38.9 Å². The maximum Gasteiger partial charge on any atom is 0.303 e. The highest BCUT2D eigenvalue weighted by molar-refractivity contribution is 5.94. The topological polar surface area (TPSA) is 174 Å². The molecule has 2 amide bonds. The lowest BCUT2D eigenvalue weighted by molar-refractivity contribution is -0.279. The van der Waals surface area contributed by atoms with E-state index in [1.165, 1.54) is 13.8 Å². The molecule has 0 aliphatic carbocycles. The average molecular weight is 625 g/mol. The monoisotopic (exact) mass is 624 g/mol. The minimum Gasteiger partial charge on any atom is -0.463 e. The number of carbonyl (C=O) groups is 5. The van der Waals surface area contributed by atoms with Gasteiger partial charge in [0.1, 0.15) is 18.8 Å². The van der Waals surface area contributed by atoms with Gasteiger partial charge in [0, 0.05) is 39.8 Å². The van der Waals surface area contributed by atoms with E-state index in [9.17, 15) is 24.0 Å². The largest absolute Gasteiger partial charge is 0.463 e. The maximum absolute atomic E-state index is 12.3. The van der Waals surface area contributed by atoms with Gasteiger partial charge in [-0.1, -0.05) is 25.5 Å². The van der Waals surface area contributed by atoms with Gasteiger partial charge < -0.3 is 43.8 Å². The van der Waals surface area contributed by atoms with Crippen LogP contribution in [-0.2, 0) is 58.8 Å². The highest BCUT2D eigenvalue weighted by atomic mass is 16.7. The van der Waals surface area contributed by atoms with E-state index >= 15 is 0 Å². The number of aryl methyl sites for hydroxylation is 1. The fraction of sp³-hybridized carbons (Fsp3) is 0.633. The lowest BCUT2D eigenvalue weighted by atomic mass is 9.96. The van der Waals surface area contributed by atoms with Crippen LogP contribution >= 0.6 is 0 Å². The molecule has 0 aromatic heterocycles. The number of hydrogen-bond donors (Lipinski definition) is 2. The van der Waals surface area contributed by atoms with Crippen LogP contribution in [0.2, 0.25) is 0 Å². The third kappa shape index (κ3) is 13.4. The molecule has 1 heterocycles. The van der Waals surface area contributed by atoms with Crippen molar-refractivity contribution in [3.63, 3.8) is 0 Å². The molecule has 2 rings (SSSR count). The van der Waals surface area contributed by atoms with Gasteiger partial charge in [0.05, 0.1) is 33.0 Å². The molecule has 1 saturated heterocycles. The van der Waals surface area contributed by atoms with E-state index in [1.807, 2.05) is 18.2 Å². The molecule has 246 valence electrons. The zero-order valence-corrected chi connectivity index (χ0v) is 26.0. The van der Waals surface area contributed by atoms with E-state index in [0.29, 0.717) is 18.7 Å². The molecule has 5 atom stereocenters. The Labute approximate surface area is 257 Å². The Hall–Kier alpha value is -3.59. The molecule has 2 N–H and O–H groups in total. The van der Waals surface area contributed by atoms with Crippen molar-refractivity contribution >= 4 is 29.7 Å². The number of benzene rings is 1. The zero-order valence-electron chi connectivity index (χ0n) is 26.0. The molecule has 44 heavy (non-hydrogen) atoms. The fourth-order valence-corrected chi connectivity index (χ4v) is 4.47. The molecule has 1 aliphatic rings. The fourth-order valence-electron chi connectivity index (χ4n) is 4.47. The van der Waals surface area contributed by atoms with Crippen molar-refractivity contribution in [2.45, 2.75) is 78.1 Å². The molecule has 1 fully saturated rings. The number of ether oxygens (including phenoxy) is 7. The molecule has 0 bridgehead atoms. The highest BCUT2D eigenvalue weighted by Gasteiger charge is 2.51. The summed E-state index contributed by atoms with van der Waals surface area (Å²) in [7, 11) is 0. The minimum absolute atomic E-state index is 0.0131. The lowest BCUT2D eigenvalue weighted by Gasteiger charge is -2.44. The molecule has 0 saturated carbocycles. The lowest BCUT2D eigenvalue weighted by Crippen LogP contribution is -2.66. The summed E-state index contributed by atoms with van der Waals surface area (Å²) in [6.07, 6.45) is -2.70. The molecule has 1 aromatic carbocycles. The minimum atomic E-state index is -1.20. The smallest absolute Gasteiger partial charge is 0.303 e. The van der Waals surface area contributed by atoms with Gasteiger partial charge in [-0.2, -0.15) is 0 Å². The number of rotatable bonds is 18. The van der Waals surface area contributed by atoms with Crippen LogP contribution in [0.15, 0.2) is 24.3 Å². The Balaban J connectivity index is 1.82. The van der Waals surface area contributed by atoms with Crippen LogP contribution in [-0.4, -0.2) is 107 Å². The molecule has 14 nitrogen and oxygen atoms in total. The zero-order chi connectivity index (χ0) is 32.5. The second-order valence-electron chi connectivity index (χ2n) is 10.0. The molecule has 1 aliphatic heterocycles. The summed E-state index contributed by atoms with van der Waals surface area (Å²) in [4.78, 5) is 59.5. The summed E-state index contributed by atoms with van der Waals surface area (Å²) in [5, 5.41) is 5.45. The van der Waals surface area contributed by atoms with Crippen LogP contribution in [0.1, 0.15) is 57.0 Å². The molecule has 14 heteroatoms. The molecule has 0 spiro atoms. The Morgan fingerprint density at radius 1 is 0.841 bits per heavy atom. The van der Waals surface area contributed by atoms with Crippen molar-refractivity contribution in [3.05, 3.63) is 35.4 Å². The first-order valence-electron chi connectivity index (χ1n) is 14.6. The van der Waals surface area contributed by atoms with Crippen molar-refractivity contribution in [3.8, 4) is 0 Å². The molecular weight excluding hydrogens is 580 g/mol. The van der Waals surface area contributed by atoms with Crippen molar-refractivity contribution in [1.29, 1.82) is 0 Å². The second kappa shape index (κ2) is 19.6. The molecule has 0 radical (unpaired) electrons. The van der Waals surface area contributed by atoms with Crippen molar-refractivity contribution in [2.75, 3.05) is 46.2 Å². The predicted molar refractivity (Wildman–Crippen MR) is 154 cm³/mol. The van der Waals surface area contributed by atoms with Crippen molar-refractivity contribution in [2.24, 2.45) is 0 Å². The summed E-state index contributed by atoms with van der Waals surface area (Å²) in [5.74, 6) is -2.62. The number of nitrogens with one attached hydrogen (secondary N) is 2. The third-order valence-electron chi connectivity index (χ3n) is 6.21. The van der Waals surface area contributed by atoms with E-state index in [2.05, 4.69) is 17.6 Å².